The molecule has 7 nitrogen and oxygen atoms in total. The summed E-state index contributed by atoms with van der Waals surface area (Å²) in [6, 6.07) is 1.08. The van der Waals surface area contributed by atoms with E-state index >= 15 is 0 Å². The van der Waals surface area contributed by atoms with Gasteiger partial charge in [-0.25, -0.2) is 4.79 Å². The third kappa shape index (κ3) is 3.56. The van der Waals surface area contributed by atoms with Crippen molar-refractivity contribution in [3.05, 3.63) is 28.1 Å². The zero-order valence-corrected chi connectivity index (χ0v) is 9.79. The molecule has 0 saturated heterocycles. The van der Waals surface area contributed by atoms with Crippen LogP contribution in [-0.2, 0) is 6.54 Å². The number of carboxylic acid groups (broad SMARTS) is 1. The van der Waals surface area contributed by atoms with Crippen LogP contribution in [0, 0.1) is 10.1 Å². The molecule has 1 N–H and O–H groups in total. The van der Waals surface area contributed by atoms with E-state index in [1.54, 1.807) is 0 Å². The van der Waals surface area contributed by atoms with Gasteiger partial charge in [0, 0.05) is 12.6 Å². The Morgan fingerprint density at radius 2 is 2.24 bits per heavy atom. The highest BCUT2D eigenvalue weighted by Crippen LogP contribution is 2.16. The van der Waals surface area contributed by atoms with E-state index < -0.39 is 10.9 Å². The summed E-state index contributed by atoms with van der Waals surface area (Å²) in [5.41, 5.74) is -0.234. The molecular weight excluding hydrogens is 226 g/mol. The summed E-state index contributed by atoms with van der Waals surface area (Å²) >= 11 is 0. The van der Waals surface area contributed by atoms with Gasteiger partial charge in [-0.2, -0.15) is 0 Å². The van der Waals surface area contributed by atoms with Crippen LogP contribution in [0.1, 0.15) is 16.9 Å². The molecule has 0 bridgehead atoms. The molecule has 0 atom stereocenters. The second-order valence-corrected chi connectivity index (χ2v) is 4.00. The number of aromatic nitrogens is 1. The second kappa shape index (κ2) is 5.44. The van der Waals surface area contributed by atoms with Crippen molar-refractivity contribution in [2.45, 2.75) is 13.0 Å². The third-order valence-corrected chi connectivity index (χ3v) is 2.32. The molecule has 0 fully saturated rings. The SMILES string of the molecule is CN(C)CCCn1cc([N+](=O)[O-])cc1C(=O)O. The van der Waals surface area contributed by atoms with Crippen LogP contribution in [0.25, 0.3) is 0 Å². The lowest BCUT2D eigenvalue weighted by atomic mass is 10.3. The van der Waals surface area contributed by atoms with Gasteiger partial charge >= 0.3 is 5.97 Å². The molecule has 0 radical (unpaired) electrons. The maximum atomic E-state index is 10.9. The molecule has 1 rings (SSSR count). The third-order valence-electron chi connectivity index (χ3n) is 2.32. The summed E-state index contributed by atoms with van der Waals surface area (Å²) in [7, 11) is 3.83. The number of hydrogen-bond acceptors (Lipinski definition) is 4. The van der Waals surface area contributed by atoms with Gasteiger partial charge in [-0.15, -0.1) is 0 Å². The zero-order chi connectivity index (χ0) is 13.0. The molecule has 1 aromatic heterocycles. The Morgan fingerprint density at radius 1 is 1.59 bits per heavy atom. The first-order valence-electron chi connectivity index (χ1n) is 5.14. The van der Waals surface area contributed by atoms with E-state index in [-0.39, 0.29) is 11.4 Å². The fraction of sp³-hybridized carbons (Fsp3) is 0.500. The molecule has 7 heteroatoms. The molecule has 1 heterocycles. The first-order valence-corrected chi connectivity index (χ1v) is 5.14. The molecule has 1 aromatic rings. The summed E-state index contributed by atoms with van der Waals surface area (Å²) in [5, 5.41) is 19.5. The fourth-order valence-electron chi connectivity index (χ4n) is 1.52. The summed E-state index contributed by atoms with van der Waals surface area (Å²) < 4.78 is 1.41. The summed E-state index contributed by atoms with van der Waals surface area (Å²) in [4.78, 5) is 22.8. The highest BCUT2D eigenvalue weighted by molar-refractivity contribution is 5.86. The largest absolute Gasteiger partial charge is 0.477 e. The maximum Gasteiger partial charge on any atom is 0.352 e. The monoisotopic (exact) mass is 241 g/mol. The van der Waals surface area contributed by atoms with Crippen LogP contribution in [0.15, 0.2) is 12.3 Å². The summed E-state index contributed by atoms with van der Waals surface area (Å²) in [5.74, 6) is -1.15. The van der Waals surface area contributed by atoms with Crippen molar-refractivity contribution in [3.8, 4) is 0 Å². The van der Waals surface area contributed by atoms with Crippen molar-refractivity contribution in [1.82, 2.24) is 9.47 Å². The number of nitro groups is 1. The van der Waals surface area contributed by atoms with E-state index in [9.17, 15) is 14.9 Å². The van der Waals surface area contributed by atoms with Gasteiger partial charge in [0.1, 0.15) is 5.69 Å². The van der Waals surface area contributed by atoms with Gasteiger partial charge in [-0.3, -0.25) is 10.1 Å². The zero-order valence-electron chi connectivity index (χ0n) is 9.79. The van der Waals surface area contributed by atoms with Crippen molar-refractivity contribution in [2.24, 2.45) is 0 Å². The second-order valence-electron chi connectivity index (χ2n) is 4.00. The molecule has 0 aliphatic carbocycles. The first-order chi connectivity index (χ1) is 7.91. The quantitative estimate of drug-likeness (QED) is 0.594. The maximum absolute atomic E-state index is 10.9. The minimum Gasteiger partial charge on any atom is -0.477 e. The molecule has 94 valence electrons. The molecule has 0 aromatic carbocycles. The molecule has 0 amide bonds. The number of aromatic carboxylic acids is 1. The van der Waals surface area contributed by atoms with Gasteiger partial charge < -0.3 is 14.6 Å². The van der Waals surface area contributed by atoms with Crippen molar-refractivity contribution in [1.29, 1.82) is 0 Å². The first kappa shape index (κ1) is 13.2. The summed E-state index contributed by atoms with van der Waals surface area (Å²) in [6.07, 6.45) is 2.00. The lowest BCUT2D eigenvalue weighted by Gasteiger charge is -2.10. The average molecular weight is 241 g/mol. The number of carboxylic acids is 1. The Morgan fingerprint density at radius 3 is 2.71 bits per heavy atom. The Kier molecular flexibility index (Phi) is 4.22. The van der Waals surface area contributed by atoms with E-state index in [0.717, 1.165) is 19.0 Å². The van der Waals surface area contributed by atoms with Gasteiger partial charge in [0.2, 0.25) is 0 Å². The minimum atomic E-state index is -1.15. The topological polar surface area (TPSA) is 88.6 Å². The van der Waals surface area contributed by atoms with Crippen molar-refractivity contribution in [3.63, 3.8) is 0 Å². The number of nitrogens with zero attached hydrogens (tertiary/aromatic N) is 3. The van der Waals surface area contributed by atoms with Crippen LogP contribution in [0.2, 0.25) is 0 Å². The average Bonchev–Trinajstić information content (AvgIpc) is 2.61. The van der Waals surface area contributed by atoms with Gasteiger partial charge in [-0.05, 0) is 27.1 Å². The lowest BCUT2D eigenvalue weighted by Crippen LogP contribution is -2.16. The van der Waals surface area contributed by atoms with E-state index in [2.05, 4.69) is 0 Å². The Balaban J connectivity index is 2.81. The molecule has 0 saturated carbocycles. The minimum absolute atomic E-state index is 0.0459. The Labute approximate surface area is 98.4 Å². The van der Waals surface area contributed by atoms with Crippen molar-refractivity contribution in [2.75, 3.05) is 20.6 Å². The van der Waals surface area contributed by atoms with Crippen LogP contribution < -0.4 is 0 Å². The van der Waals surface area contributed by atoms with Crippen molar-refractivity contribution < 1.29 is 14.8 Å². The smallest absolute Gasteiger partial charge is 0.352 e. The molecule has 17 heavy (non-hydrogen) atoms. The Bertz CT molecular complexity index is 425. The van der Waals surface area contributed by atoms with E-state index in [0.29, 0.717) is 6.54 Å². The van der Waals surface area contributed by atoms with E-state index in [1.165, 1.54) is 10.8 Å². The van der Waals surface area contributed by atoms with Crippen LogP contribution in [0.5, 0.6) is 0 Å². The van der Waals surface area contributed by atoms with Gasteiger partial charge in [0.15, 0.2) is 0 Å². The van der Waals surface area contributed by atoms with Crippen molar-refractivity contribution >= 4 is 11.7 Å². The van der Waals surface area contributed by atoms with Crippen LogP contribution in [0.3, 0.4) is 0 Å². The predicted molar refractivity (Wildman–Crippen MR) is 61.2 cm³/mol. The van der Waals surface area contributed by atoms with Gasteiger partial charge in [0.25, 0.3) is 5.69 Å². The van der Waals surface area contributed by atoms with Gasteiger partial charge in [0.05, 0.1) is 11.1 Å². The highest BCUT2D eigenvalue weighted by atomic mass is 16.6. The molecule has 0 spiro atoms. The standard InChI is InChI=1S/C10H15N3O4/c1-11(2)4-3-5-12-7-8(13(16)17)6-9(12)10(14)15/h6-7H,3-5H2,1-2H3,(H,14,15). The predicted octanol–water partition coefficient (Wildman–Crippen LogP) is 1.05. The van der Waals surface area contributed by atoms with Crippen LogP contribution in [0.4, 0.5) is 5.69 Å². The summed E-state index contributed by atoms with van der Waals surface area (Å²) in [6.45, 7) is 1.25. The number of carbonyl (C=O) groups is 1. The number of aryl methyl sites for hydroxylation is 1. The van der Waals surface area contributed by atoms with Crippen LogP contribution >= 0.6 is 0 Å². The molecule has 0 aliphatic heterocycles. The fourth-order valence-corrected chi connectivity index (χ4v) is 1.52. The van der Waals surface area contributed by atoms with E-state index in [1.807, 2.05) is 19.0 Å². The number of rotatable bonds is 6. The molecule has 0 unspecified atom stereocenters. The van der Waals surface area contributed by atoms with Gasteiger partial charge in [-0.1, -0.05) is 0 Å². The van der Waals surface area contributed by atoms with Crippen LogP contribution in [-0.4, -0.2) is 46.1 Å². The molecule has 0 aliphatic rings. The Hall–Kier alpha value is -1.89. The lowest BCUT2D eigenvalue weighted by molar-refractivity contribution is -0.384. The highest BCUT2D eigenvalue weighted by Gasteiger charge is 2.18. The molecular formula is C10H15N3O4. The number of hydrogen-bond donors (Lipinski definition) is 1. The van der Waals surface area contributed by atoms with E-state index in [4.69, 9.17) is 5.11 Å². The normalized spacial score (nSPS) is 10.8.